The highest BCUT2D eigenvalue weighted by Gasteiger charge is 2.29. The summed E-state index contributed by atoms with van der Waals surface area (Å²) in [5, 5.41) is 0. The van der Waals surface area contributed by atoms with Gasteiger partial charge in [-0.2, -0.15) is 0 Å². The van der Waals surface area contributed by atoms with Gasteiger partial charge >= 0.3 is 8.80 Å². The van der Waals surface area contributed by atoms with Crippen molar-refractivity contribution in [1.29, 1.82) is 0 Å². The number of hydrogen-bond acceptors (Lipinski definition) is 4. The van der Waals surface area contributed by atoms with Crippen molar-refractivity contribution < 1.29 is 13.3 Å². The average molecular weight is 246 g/mol. The molecule has 94 valence electrons. The second kappa shape index (κ2) is 7.56. The summed E-state index contributed by atoms with van der Waals surface area (Å²) in [6.45, 7) is 6.93. The number of aromatic nitrogens is 2. The standard InChI is InChI=1S/C6H10N2.C4H12O3Si/c1-3-8-4-6(2)7-5-8;1-5-8(4,6-2)7-3/h4-5H,3H2,1-2H3;1-4H3. The van der Waals surface area contributed by atoms with E-state index in [1.807, 2.05) is 26.0 Å². The first kappa shape index (κ1) is 15.3. The maximum atomic E-state index is 4.93. The number of aryl methyl sites for hydroxylation is 2. The van der Waals surface area contributed by atoms with Crippen LogP contribution >= 0.6 is 0 Å². The molecule has 16 heavy (non-hydrogen) atoms. The van der Waals surface area contributed by atoms with Crippen LogP contribution in [0.25, 0.3) is 0 Å². The monoisotopic (exact) mass is 246 g/mol. The number of rotatable bonds is 4. The lowest BCUT2D eigenvalue weighted by atomic mass is 10.6. The largest absolute Gasteiger partial charge is 0.496 e. The minimum absolute atomic E-state index is 1.01. The van der Waals surface area contributed by atoms with Crippen molar-refractivity contribution in [3.8, 4) is 0 Å². The summed E-state index contributed by atoms with van der Waals surface area (Å²) >= 11 is 0. The van der Waals surface area contributed by atoms with Crippen LogP contribution in [0.3, 0.4) is 0 Å². The van der Waals surface area contributed by atoms with E-state index in [-0.39, 0.29) is 0 Å². The number of nitrogens with zero attached hydrogens (tertiary/aromatic N) is 2. The van der Waals surface area contributed by atoms with Gasteiger partial charge in [-0.1, -0.05) is 0 Å². The van der Waals surface area contributed by atoms with E-state index in [2.05, 4.69) is 16.5 Å². The van der Waals surface area contributed by atoms with Crippen molar-refractivity contribution >= 4 is 8.80 Å². The Bertz CT molecular complexity index is 279. The minimum atomic E-state index is -2.17. The predicted molar refractivity (Wildman–Crippen MR) is 65.3 cm³/mol. The van der Waals surface area contributed by atoms with Gasteiger partial charge in [0, 0.05) is 40.6 Å². The zero-order chi connectivity index (χ0) is 12.6. The number of imidazole rings is 1. The first-order chi connectivity index (χ1) is 7.51. The molecule has 1 heterocycles. The summed E-state index contributed by atoms with van der Waals surface area (Å²) in [6.07, 6.45) is 3.87. The third-order valence-electron chi connectivity index (χ3n) is 2.24. The van der Waals surface area contributed by atoms with Crippen LogP contribution in [0.4, 0.5) is 0 Å². The van der Waals surface area contributed by atoms with Gasteiger partial charge in [-0.15, -0.1) is 0 Å². The van der Waals surface area contributed by atoms with Crippen molar-refractivity contribution in [2.75, 3.05) is 21.3 Å². The van der Waals surface area contributed by atoms with Crippen LogP contribution in [-0.2, 0) is 19.8 Å². The lowest BCUT2D eigenvalue weighted by Gasteiger charge is -2.18. The Kier molecular flexibility index (Phi) is 7.23. The summed E-state index contributed by atoms with van der Waals surface area (Å²) in [4.78, 5) is 4.05. The van der Waals surface area contributed by atoms with Crippen LogP contribution in [0.5, 0.6) is 0 Å². The first-order valence-electron chi connectivity index (χ1n) is 5.15. The maximum absolute atomic E-state index is 4.93. The fourth-order valence-electron chi connectivity index (χ4n) is 0.895. The highest BCUT2D eigenvalue weighted by molar-refractivity contribution is 6.58. The normalized spacial score (nSPS) is 10.9. The van der Waals surface area contributed by atoms with Crippen molar-refractivity contribution in [3.63, 3.8) is 0 Å². The Labute approximate surface area is 98.7 Å². The smallest absolute Gasteiger partial charge is 0.377 e. The van der Waals surface area contributed by atoms with E-state index in [1.54, 1.807) is 21.3 Å². The molecule has 0 aliphatic rings. The van der Waals surface area contributed by atoms with E-state index in [0.29, 0.717) is 0 Å². The molecule has 0 aliphatic heterocycles. The van der Waals surface area contributed by atoms with Gasteiger partial charge < -0.3 is 17.8 Å². The Hall–Kier alpha value is -0.693. The molecule has 1 rings (SSSR count). The third kappa shape index (κ3) is 5.41. The summed E-state index contributed by atoms with van der Waals surface area (Å²) in [5.74, 6) is 0. The SMILES string of the molecule is CCn1cnc(C)c1.CO[Si](C)(OC)OC. The van der Waals surface area contributed by atoms with Gasteiger partial charge in [0.15, 0.2) is 0 Å². The molecule has 0 aliphatic carbocycles. The molecule has 0 fully saturated rings. The lowest BCUT2D eigenvalue weighted by molar-refractivity contribution is 0.132. The molecule has 6 heteroatoms. The van der Waals surface area contributed by atoms with Gasteiger partial charge in [-0.3, -0.25) is 0 Å². The molecule has 0 radical (unpaired) electrons. The topological polar surface area (TPSA) is 45.5 Å². The van der Waals surface area contributed by atoms with E-state index in [0.717, 1.165) is 12.2 Å². The van der Waals surface area contributed by atoms with Gasteiger partial charge in [0.25, 0.3) is 0 Å². The van der Waals surface area contributed by atoms with Gasteiger partial charge in [0.05, 0.1) is 12.0 Å². The molecule has 1 aromatic heterocycles. The summed E-state index contributed by atoms with van der Waals surface area (Å²) < 4.78 is 16.8. The highest BCUT2D eigenvalue weighted by atomic mass is 28.4. The Morgan fingerprint density at radius 2 is 1.75 bits per heavy atom. The van der Waals surface area contributed by atoms with Crippen molar-refractivity contribution in [2.45, 2.75) is 26.9 Å². The first-order valence-corrected chi connectivity index (χ1v) is 7.37. The quantitative estimate of drug-likeness (QED) is 0.759. The third-order valence-corrected chi connectivity index (χ3v) is 4.46. The van der Waals surface area contributed by atoms with Gasteiger partial charge in [-0.05, 0) is 13.8 Å². The van der Waals surface area contributed by atoms with Crippen LogP contribution < -0.4 is 0 Å². The molecule has 0 unspecified atom stereocenters. The fraction of sp³-hybridized carbons (Fsp3) is 0.700. The second-order valence-corrected chi connectivity index (χ2v) is 6.27. The van der Waals surface area contributed by atoms with E-state index >= 15 is 0 Å². The predicted octanol–water partition coefficient (Wildman–Crippen LogP) is 1.71. The van der Waals surface area contributed by atoms with Crippen LogP contribution in [-0.4, -0.2) is 39.7 Å². The maximum Gasteiger partial charge on any atom is 0.496 e. The molecule has 0 saturated heterocycles. The molecule has 0 atom stereocenters. The summed E-state index contributed by atoms with van der Waals surface area (Å²) in [6, 6.07) is 0. The van der Waals surface area contributed by atoms with Gasteiger partial charge in [-0.25, -0.2) is 4.98 Å². The summed E-state index contributed by atoms with van der Waals surface area (Å²) in [7, 11) is 2.58. The van der Waals surface area contributed by atoms with Crippen molar-refractivity contribution in [3.05, 3.63) is 18.2 Å². The number of hydrogen-bond donors (Lipinski definition) is 0. The molecule has 0 spiro atoms. The molecule has 0 bridgehead atoms. The van der Waals surface area contributed by atoms with E-state index in [4.69, 9.17) is 13.3 Å². The molecule has 1 aromatic rings. The van der Waals surface area contributed by atoms with Crippen LogP contribution in [0.2, 0.25) is 6.55 Å². The molecule has 5 nitrogen and oxygen atoms in total. The van der Waals surface area contributed by atoms with Gasteiger partial charge in [0.1, 0.15) is 0 Å². The molecule has 0 amide bonds. The van der Waals surface area contributed by atoms with Crippen LogP contribution in [0.1, 0.15) is 12.6 Å². The van der Waals surface area contributed by atoms with E-state index in [1.165, 1.54) is 0 Å². The zero-order valence-electron chi connectivity index (χ0n) is 11.0. The highest BCUT2D eigenvalue weighted by Crippen LogP contribution is 2.02. The molecular formula is C10H22N2O3Si. The van der Waals surface area contributed by atoms with Crippen molar-refractivity contribution in [1.82, 2.24) is 9.55 Å². The Morgan fingerprint density at radius 1 is 1.25 bits per heavy atom. The molecule has 0 saturated carbocycles. The Balaban J connectivity index is 0.000000281. The van der Waals surface area contributed by atoms with Crippen LogP contribution in [0, 0.1) is 6.92 Å². The average Bonchev–Trinajstić information content (AvgIpc) is 2.75. The van der Waals surface area contributed by atoms with Crippen molar-refractivity contribution in [2.24, 2.45) is 0 Å². The molecule has 0 N–H and O–H groups in total. The van der Waals surface area contributed by atoms with Gasteiger partial charge in [0.2, 0.25) is 0 Å². The van der Waals surface area contributed by atoms with Crippen LogP contribution in [0.15, 0.2) is 12.5 Å². The Morgan fingerprint density at radius 3 is 1.88 bits per heavy atom. The fourth-order valence-corrected chi connectivity index (χ4v) is 1.39. The second-order valence-electron chi connectivity index (χ2n) is 3.32. The lowest BCUT2D eigenvalue weighted by Crippen LogP contribution is -2.38. The molecular weight excluding hydrogens is 224 g/mol. The van der Waals surface area contributed by atoms with E-state index in [9.17, 15) is 0 Å². The minimum Gasteiger partial charge on any atom is -0.377 e. The summed E-state index contributed by atoms with van der Waals surface area (Å²) in [5.41, 5.74) is 1.09. The zero-order valence-corrected chi connectivity index (χ0v) is 12.0. The molecule has 0 aromatic carbocycles. The van der Waals surface area contributed by atoms with E-state index < -0.39 is 8.80 Å².